The molecule has 1 N–H and O–H groups in total. The third kappa shape index (κ3) is 3.87. The van der Waals surface area contributed by atoms with Crippen LogP contribution in [0.5, 0.6) is 5.75 Å². The number of para-hydroxylation sites is 2. The Morgan fingerprint density at radius 1 is 1.42 bits per heavy atom. The number of amides is 2. The zero-order chi connectivity index (χ0) is 16.9. The fraction of sp³-hybridized carbons (Fsp3) is 0.556. The van der Waals surface area contributed by atoms with Crippen molar-refractivity contribution >= 4 is 17.5 Å². The highest BCUT2D eigenvalue weighted by atomic mass is 16.5. The Kier molecular flexibility index (Phi) is 5.35. The molecule has 0 aliphatic carbocycles. The second kappa shape index (κ2) is 7.66. The molecule has 0 aromatic heterocycles. The number of anilines is 1. The van der Waals surface area contributed by atoms with Crippen molar-refractivity contribution in [3.05, 3.63) is 24.3 Å². The average Bonchev–Trinajstić information content (AvgIpc) is 3.22. The summed E-state index contributed by atoms with van der Waals surface area (Å²) in [6, 6.07) is 7.28. The second-order valence-electron chi connectivity index (χ2n) is 6.32. The van der Waals surface area contributed by atoms with E-state index in [1.54, 1.807) is 12.0 Å². The van der Waals surface area contributed by atoms with Gasteiger partial charge in [0.25, 0.3) is 0 Å². The van der Waals surface area contributed by atoms with E-state index in [0.717, 1.165) is 31.6 Å². The van der Waals surface area contributed by atoms with Crippen LogP contribution in [0.3, 0.4) is 0 Å². The van der Waals surface area contributed by atoms with Gasteiger partial charge in [-0.3, -0.25) is 9.59 Å². The molecular formula is C18H24N2O4. The minimum absolute atomic E-state index is 0.00364. The van der Waals surface area contributed by atoms with E-state index in [9.17, 15) is 9.59 Å². The van der Waals surface area contributed by atoms with Crippen molar-refractivity contribution in [1.82, 2.24) is 5.32 Å². The fourth-order valence-corrected chi connectivity index (χ4v) is 3.35. The Morgan fingerprint density at radius 3 is 3.00 bits per heavy atom. The molecule has 0 spiro atoms. The third-order valence-electron chi connectivity index (χ3n) is 4.58. The van der Waals surface area contributed by atoms with Crippen LogP contribution < -0.4 is 15.0 Å². The molecular weight excluding hydrogens is 308 g/mol. The first-order valence-electron chi connectivity index (χ1n) is 8.51. The number of hydrogen-bond donors (Lipinski definition) is 1. The second-order valence-corrected chi connectivity index (χ2v) is 6.32. The quantitative estimate of drug-likeness (QED) is 0.864. The first kappa shape index (κ1) is 16.8. The predicted octanol–water partition coefficient (Wildman–Crippen LogP) is 1.88. The topological polar surface area (TPSA) is 67.9 Å². The molecule has 2 fully saturated rings. The molecule has 0 saturated carbocycles. The molecule has 24 heavy (non-hydrogen) atoms. The van der Waals surface area contributed by atoms with Gasteiger partial charge in [-0.05, 0) is 31.4 Å². The molecule has 2 amide bonds. The molecule has 2 heterocycles. The summed E-state index contributed by atoms with van der Waals surface area (Å²) in [6.45, 7) is 1.28. The van der Waals surface area contributed by atoms with Gasteiger partial charge >= 0.3 is 0 Å². The van der Waals surface area contributed by atoms with Crippen molar-refractivity contribution in [2.75, 3.05) is 25.2 Å². The third-order valence-corrected chi connectivity index (χ3v) is 4.58. The van der Waals surface area contributed by atoms with Crippen LogP contribution in [0.15, 0.2) is 24.3 Å². The van der Waals surface area contributed by atoms with Gasteiger partial charge in [0.2, 0.25) is 11.8 Å². The van der Waals surface area contributed by atoms with Crippen LogP contribution in [0, 0.1) is 0 Å². The molecule has 130 valence electrons. The van der Waals surface area contributed by atoms with Gasteiger partial charge in [-0.15, -0.1) is 0 Å². The Labute approximate surface area is 142 Å². The van der Waals surface area contributed by atoms with Gasteiger partial charge in [-0.2, -0.15) is 0 Å². The zero-order valence-electron chi connectivity index (χ0n) is 14.0. The molecule has 2 aliphatic rings. The van der Waals surface area contributed by atoms with E-state index in [-0.39, 0.29) is 24.0 Å². The standard InChI is InChI=1S/C18H24N2O4/c1-23-16-7-3-2-6-15(16)20-12-13(11-18(20)22)19-17(21)9-8-14-5-4-10-24-14/h2-3,6-7,13-14H,4-5,8-12H2,1H3,(H,19,21)/t13-,14-/m0/s1. The van der Waals surface area contributed by atoms with Crippen molar-refractivity contribution in [3.8, 4) is 5.75 Å². The minimum atomic E-state index is -0.153. The maximum absolute atomic E-state index is 12.3. The Morgan fingerprint density at radius 2 is 2.25 bits per heavy atom. The summed E-state index contributed by atoms with van der Waals surface area (Å²) in [6.07, 6.45) is 3.86. The molecule has 2 saturated heterocycles. The number of carbonyl (C=O) groups is 2. The number of methoxy groups -OCH3 is 1. The number of ether oxygens (including phenoxy) is 2. The SMILES string of the molecule is COc1ccccc1N1C[C@@H](NC(=O)CC[C@@H]2CCCO2)CC1=O. The lowest BCUT2D eigenvalue weighted by atomic mass is 10.1. The molecule has 0 radical (unpaired) electrons. The molecule has 2 aliphatic heterocycles. The van der Waals surface area contributed by atoms with Gasteiger partial charge in [0.15, 0.2) is 0 Å². The number of nitrogens with zero attached hydrogens (tertiary/aromatic N) is 1. The number of carbonyl (C=O) groups excluding carboxylic acids is 2. The Balaban J connectivity index is 1.53. The Hall–Kier alpha value is -2.08. The van der Waals surface area contributed by atoms with Crippen LogP contribution in [0.4, 0.5) is 5.69 Å². The van der Waals surface area contributed by atoms with Gasteiger partial charge in [0.05, 0.1) is 24.9 Å². The lowest BCUT2D eigenvalue weighted by Gasteiger charge is -2.19. The largest absolute Gasteiger partial charge is 0.495 e. The van der Waals surface area contributed by atoms with Gasteiger partial charge in [0, 0.05) is 26.0 Å². The van der Waals surface area contributed by atoms with E-state index in [1.807, 2.05) is 24.3 Å². The molecule has 2 atom stereocenters. The number of nitrogens with one attached hydrogen (secondary N) is 1. The molecule has 1 aromatic rings. The van der Waals surface area contributed by atoms with E-state index >= 15 is 0 Å². The normalized spacial score (nSPS) is 23.5. The van der Waals surface area contributed by atoms with Gasteiger partial charge in [-0.1, -0.05) is 12.1 Å². The van der Waals surface area contributed by atoms with Crippen LogP contribution in [0.2, 0.25) is 0 Å². The van der Waals surface area contributed by atoms with Crippen LogP contribution in [0.25, 0.3) is 0 Å². The smallest absolute Gasteiger partial charge is 0.229 e. The molecule has 1 aromatic carbocycles. The number of rotatable bonds is 6. The van der Waals surface area contributed by atoms with Crippen molar-refractivity contribution < 1.29 is 19.1 Å². The predicted molar refractivity (Wildman–Crippen MR) is 90.1 cm³/mol. The van der Waals surface area contributed by atoms with Crippen molar-refractivity contribution in [2.24, 2.45) is 0 Å². The van der Waals surface area contributed by atoms with Gasteiger partial charge in [0.1, 0.15) is 5.75 Å². The van der Waals surface area contributed by atoms with Crippen molar-refractivity contribution in [2.45, 2.75) is 44.2 Å². The van der Waals surface area contributed by atoms with Crippen LogP contribution in [0.1, 0.15) is 32.1 Å². The van der Waals surface area contributed by atoms with E-state index in [1.165, 1.54) is 0 Å². The summed E-state index contributed by atoms with van der Waals surface area (Å²) < 4.78 is 10.9. The summed E-state index contributed by atoms with van der Waals surface area (Å²) in [5.41, 5.74) is 0.751. The fourth-order valence-electron chi connectivity index (χ4n) is 3.35. The maximum Gasteiger partial charge on any atom is 0.229 e. The monoisotopic (exact) mass is 332 g/mol. The van der Waals surface area contributed by atoms with Crippen LogP contribution >= 0.6 is 0 Å². The first-order chi connectivity index (χ1) is 11.7. The summed E-state index contributed by atoms with van der Waals surface area (Å²) in [5.74, 6) is 0.658. The molecule has 0 unspecified atom stereocenters. The number of benzene rings is 1. The van der Waals surface area contributed by atoms with Crippen LogP contribution in [-0.2, 0) is 14.3 Å². The van der Waals surface area contributed by atoms with Crippen molar-refractivity contribution in [1.29, 1.82) is 0 Å². The summed E-state index contributed by atoms with van der Waals surface area (Å²) in [5, 5.41) is 2.97. The highest BCUT2D eigenvalue weighted by molar-refractivity contribution is 5.98. The molecule has 0 bridgehead atoms. The van der Waals surface area contributed by atoms with E-state index in [0.29, 0.717) is 25.1 Å². The first-order valence-corrected chi connectivity index (χ1v) is 8.51. The number of hydrogen-bond acceptors (Lipinski definition) is 4. The van der Waals surface area contributed by atoms with E-state index in [2.05, 4.69) is 5.32 Å². The highest BCUT2D eigenvalue weighted by Gasteiger charge is 2.33. The highest BCUT2D eigenvalue weighted by Crippen LogP contribution is 2.31. The minimum Gasteiger partial charge on any atom is -0.495 e. The summed E-state index contributed by atoms with van der Waals surface area (Å²) in [4.78, 5) is 26.1. The zero-order valence-corrected chi connectivity index (χ0v) is 14.0. The molecule has 6 nitrogen and oxygen atoms in total. The van der Waals surface area contributed by atoms with E-state index in [4.69, 9.17) is 9.47 Å². The van der Waals surface area contributed by atoms with Crippen LogP contribution in [-0.4, -0.2) is 44.2 Å². The lowest BCUT2D eigenvalue weighted by molar-refractivity contribution is -0.122. The summed E-state index contributed by atoms with van der Waals surface area (Å²) >= 11 is 0. The lowest BCUT2D eigenvalue weighted by Crippen LogP contribution is -2.37. The summed E-state index contributed by atoms with van der Waals surface area (Å²) in [7, 11) is 1.59. The molecule has 6 heteroatoms. The van der Waals surface area contributed by atoms with Crippen molar-refractivity contribution in [3.63, 3.8) is 0 Å². The van der Waals surface area contributed by atoms with Gasteiger partial charge in [-0.25, -0.2) is 0 Å². The van der Waals surface area contributed by atoms with Gasteiger partial charge < -0.3 is 19.7 Å². The maximum atomic E-state index is 12.3. The van der Waals surface area contributed by atoms with E-state index < -0.39 is 0 Å². The Bertz CT molecular complexity index is 598. The average molecular weight is 332 g/mol. The molecule has 3 rings (SSSR count).